The summed E-state index contributed by atoms with van der Waals surface area (Å²) in [4.78, 5) is 11.7. The summed E-state index contributed by atoms with van der Waals surface area (Å²) in [6.07, 6.45) is 0.510. The van der Waals surface area contributed by atoms with Crippen LogP contribution in [-0.2, 0) is 0 Å². The maximum absolute atomic E-state index is 13.3. The Kier molecular flexibility index (Phi) is 4.46. The molecule has 1 aromatic rings. The largest absolute Gasteiger partial charge is 0.347 e. The molecule has 0 fully saturated rings. The fraction of sp³-hybridized carbons (Fsp3) is 0.417. The van der Waals surface area contributed by atoms with Gasteiger partial charge in [-0.25, -0.2) is 8.78 Å². The Balaban J connectivity index is 2.91. The molecule has 1 amide bonds. The molecule has 0 saturated carbocycles. The van der Waals surface area contributed by atoms with Gasteiger partial charge in [0.05, 0.1) is 0 Å². The molecule has 0 bridgehead atoms. The van der Waals surface area contributed by atoms with Gasteiger partial charge in [0, 0.05) is 11.4 Å². The molecule has 5 heteroatoms. The molecule has 0 unspecified atom stereocenters. The Morgan fingerprint density at radius 1 is 1.35 bits per heavy atom. The molecule has 0 saturated heterocycles. The van der Waals surface area contributed by atoms with E-state index >= 15 is 0 Å². The average molecular weight is 262 g/mol. The molecule has 0 aromatic heterocycles. The van der Waals surface area contributed by atoms with Crippen molar-refractivity contribution in [1.29, 1.82) is 0 Å². The minimum Gasteiger partial charge on any atom is -0.347 e. The predicted octanol–water partition coefficient (Wildman–Crippen LogP) is 3.10. The van der Waals surface area contributed by atoms with Crippen LogP contribution in [0.5, 0.6) is 0 Å². The van der Waals surface area contributed by atoms with Crippen molar-refractivity contribution in [3.63, 3.8) is 0 Å². The van der Waals surface area contributed by atoms with E-state index < -0.39 is 28.6 Å². The van der Waals surface area contributed by atoms with Crippen LogP contribution in [0, 0.1) is 11.6 Å². The standard InChI is InChI=1S/C12H14ClF2NO/c1-12(2,6-7-13)16-11(17)10-8(14)4-3-5-9(10)15/h3-5H,6-7H2,1-2H3,(H,16,17). The SMILES string of the molecule is CC(C)(CCCl)NC(=O)c1c(F)cccc1F. The molecule has 0 aliphatic carbocycles. The van der Waals surface area contributed by atoms with Crippen LogP contribution in [0.3, 0.4) is 0 Å². The maximum Gasteiger partial charge on any atom is 0.257 e. The van der Waals surface area contributed by atoms with Crippen LogP contribution in [-0.4, -0.2) is 17.3 Å². The summed E-state index contributed by atoms with van der Waals surface area (Å²) in [6.45, 7) is 3.48. The first kappa shape index (κ1) is 13.9. The molecular formula is C12H14ClF2NO. The average Bonchev–Trinajstić information content (AvgIpc) is 2.15. The van der Waals surface area contributed by atoms with Gasteiger partial charge >= 0.3 is 0 Å². The zero-order valence-corrected chi connectivity index (χ0v) is 10.4. The Bertz CT molecular complexity index is 401. The molecule has 17 heavy (non-hydrogen) atoms. The molecule has 1 N–H and O–H groups in total. The van der Waals surface area contributed by atoms with Crippen LogP contribution in [0.15, 0.2) is 18.2 Å². The highest BCUT2D eigenvalue weighted by atomic mass is 35.5. The quantitative estimate of drug-likeness (QED) is 0.829. The Hall–Kier alpha value is -1.16. The second kappa shape index (κ2) is 5.45. The van der Waals surface area contributed by atoms with E-state index in [4.69, 9.17) is 11.6 Å². The first-order valence-corrected chi connectivity index (χ1v) is 5.73. The van der Waals surface area contributed by atoms with Crippen LogP contribution in [0.2, 0.25) is 0 Å². The lowest BCUT2D eigenvalue weighted by molar-refractivity contribution is 0.0903. The number of amides is 1. The topological polar surface area (TPSA) is 29.1 Å². The summed E-state index contributed by atoms with van der Waals surface area (Å²) in [5, 5.41) is 2.55. The van der Waals surface area contributed by atoms with Crippen LogP contribution < -0.4 is 5.32 Å². The van der Waals surface area contributed by atoms with Gasteiger partial charge in [-0.1, -0.05) is 6.07 Å². The highest BCUT2D eigenvalue weighted by molar-refractivity contribution is 6.17. The monoisotopic (exact) mass is 261 g/mol. The second-order valence-electron chi connectivity index (χ2n) is 4.37. The molecule has 0 aliphatic rings. The second-order valence-corrected chi connectivity index (χ2v) is 4.75. The van der Waals surface area contributed by atoms with Gasteiger partial charge in [0.15, 0.2) is 0 Å². The van der Waals surface area contributed by atoms with Crippen LogP contribution in [0.4, 0.5) is 8.78 Å². The van der Waals surface area contributed by atoms with Gasteiger partial charge in [0.25, 0.3) is 5.91 Å². The first-order chi connectivity index (χ1) is 7.87. The number of hydrogen-bond acceptors (Lipinski definition) is 1. The van der Waals surface area contributed by atoms with Gasteiger partial charge in [0.2, 0.25) is 0 Å². The van der Waals surface area contributed by atoms with Crippen molar-refractivity contribution in [2.75, 3.05) is 5.88 Å². The third-order valence-electron chi connectivity index (χ3n) is 2.36. The Morgan fingerprint density at radius 3 is 2.35 bits per heavy atom. The molecule has 0 spiro atoms. The van der Waals surface area contributed by atoms with Crippen LogP contribution in [0.25, 0.3) is 0 Å². The fourth-order valence-electron chi connectivity index (χ4n) is 1.38. The molecule has 1 aromatic carbocycles. The summed E-state index contributed by atoms with van der Waals surface area (Å²) >= 11 is 5.58. The van der Waals surface area contributed by atoms with E-state index in [-0.39, 0.29) is 0 Å². The smallest absolute Gasteiger partial charge is 0.257 e. The normalized spacial score (nSPS) is 11.4. The van der Waals surface area contributed by atoms with Crippen molar-refractivity contribution in [2.45, 2.75) is 25.8 Å². The van der Waals surface area contributed by atoms with Crippen LogP contribution in [0.1, 0.15) is 30.6 Å². The van der Waals surface area contributed by atoms with E-state index in [1.807, 2.05) is 0 Å². The first-order valence-electron chi connectivity index (χ1n) is 5.20. The maximum atomic E-state index is 13.3. The zero-order chi connectivity index (χ0) is 13.1. The number of hydrogen-bond donors (Lipinski definition) is 1. The van der Waals surface area contributed by atoms with Gasteiger partial charge in [0.1, 0.15) is 17.2 Å². The Morgan fingerprint density at radius 2 is 1.88 bits per heavy atom. The zero-order valence-electron chi connectivity index (χ0n) is 9.69. The van der Waals surface area contributed by atoms with Gasteiger partial charge < -0.3 is 5.32 Å². The molecule has 1 rings (SSSR count). The van der Waals surface area contributed by atoms with E-state index in [0.717, 1.165) is 12.1 Å². The molecule has 94 valence electrons. The van der Waals surface area contributed by atoms with E-state index in [9.17, 15) is 13.6 Å². The highest BCUT2D eigenvalue weighted by Crippen LogP contribution is 2.15. The van der Waals surface area contributed by atoms with Crippen molar-refractivity contribution in [3.05, 3.63) is 35.4 Å². The van der Waals surface area contributed by atoms with Crippen molar-refractivity contribution >= 4 is 17.5 Å². The van der Waals surface area contributed by atoms with Gasteiger partial charge in [-0.05, 0) is 32.4 Å². The number of carbonyl (C=O) groups is 1. The Labute approximate surface area is 104 Å². The fourth-order valence-corrected chi connectivity index (χ4v) is 1.86. The third kappa shape index (κ3) is 3.66. The van der Waals surface area contributed by atoms with Crippen molar-refractivity contribution in [3.8, 4) is 0 Å². The third-order valence-corrected chi connectivity index (χ3v) is 2.55. The predicted molar refractivity (Wildman–Crippen MR) is 63.2 cm³/mol. The molecule has 0 heterocycles. The summed E-state index contributed by atoms with van der Waals surface area (Å²) in [5.74, 6) is -2.16. The molecule has 0 atom stereocenters. The number of rotatable bonds is 4. The number of alkyl halides is 1. The van der Waals surface area contributed by atoms with E-state index in [2.05, 4.69) is 5.32 Å². The summed E-state index contributed by atoms with van der Waals surface area (Å²) in [5.41, 5.74) is -1.16. The van der Waals surface area contributed by atoms with Gasteiger partial charge in [-0.3, -0.25) is 4.79 Å². The van der Waals surface area contributed by atoms with Gasteiger partial charge in [-0.15, -0.1) is 11.6 Å². The molecule has 0 aliphatic heterocycles. The van der Waals surface area contributed by atoms with E-state index in [0.29, 0.717) is 12.3 Å². The summed E-state index contributed by atoms with van der Waals surface area (Å²) in [7, 11) is 0. The van der Waals surface area contributed by atoms with Crippen molar-refractivity contribution in [1.82, 2.24) is 5.32 Å². The number of halogens is 3. The van der Waals surface area contributed by atoms with E-state index in [1.54, 1.807) is 13.8 Å². The van der Waals surface area contributed by atoms with Crippen molar-refractivity contribution < 1.29 is 13.6 Å². The molecular weight excluding hydrogens is 248 g/mol. The minimum absolute atomic E-state index is 0.354. The molecule has 0 radical (unpaired) electrons. The van der Waals surface area contributed by atoms with Crippen molar-refractivity contribution in [2.24, 2.45) is 0 Å². The number of nitrogens with one attached hydrogen (secondary N) is 1. The summed E-state index contributed by atoms with van der Waals surface area (Å²) in [6, 6.07) is 3.31. The van der Waals surface area contributed by atoms with E-state index in [1.165, 1.54) is 6.07 Å². The lowest BCUT2D eigenvalue weighted by Crippen LogP contribution is -2.44. The highest BCUT2D eigenvalue weighted by Gasteiger charge is 2.24. The lowest BCUT2D eigenvalue weighted by Gasteiger charge is -2.25. The number of carbonyl (C=O) groups excluding carboxylic acids is 1. The summed E-state index contributed by atoms with van der Waals surface area (Å²) < 4.78 is 26.7. The van der Waals surface area contributed by atoms with Gasteiger partial charge in [-0.2, -0.15) is 0 Å². The minimum atomic E-state index is -0.871. The molecule has 2 nitrogen and oxygen atoms in total. The number of benzene rings is 1. The van der Waals surface area contributed by atoms with Crippen LogP contribution >= 0.6 is 11.6 Å². The lowest BCUT2D eigenvalue weighted by atomic mass is 10.0.